The van der Waals surface area contributed by atoms with Gasteiger partial charge >= 0.3 is 0 Å². The lowest BCUT2D eigenvalue weighted by molar-refractivity contribution is 0.203. The molecule has 0 radical (unpaired) electrons. The summed E-state index contributed by atoms with van der Waals surface area (Å²) >= 11 is 5.10. The van der Waals surface area contributed by atoms with Crippen molar-refractivity contribution < 1.29 is 9.84 Å². The lowest BCUT2D eigenvalue weighted by Crippen LogP contribution is -2.03. The molecule has 0 fully saturated rings. The minimum atomic E-state index is -0.482. The molecule has 2 aromatic carbocycles. The predicted molar refractivity (Wildman–Crippen MR) is 87.6 cm³/mol. The number of thioether (sulfide) groups is 1. The molecular weight excluding hydrogens is 336 g/mol. The Morgan fingerprint density at radius 3 is 2.70 bits per heavy atom. The third-order valence-electron chi connectivity index (χ3n) is 3.04. The van der Waals surface area contributed by atoms with Gasteiger partial charge in [0.15, 0.2) is 0 Å². The molecule has 0 aliphatic carbocycles. The molecule has 20 heavy (non-hydrogen) atoms. The minimum absolute atomic E-state index is 0.482. The Morgan fingerprint density at radius 2 is 2.05 bits per heavy atom. The van der Waals surface area contributed by atoms with E-state index >= 15 is 0 Å². The SMILES string of the molecule is COc1ccc(C(O)CSc2cccc(Br)c2)c(C)c1. The van der Waals surface area contributed by atoms with E-state index in [-0.39, 0.29) is 0 Å². The van der Waals surface area contributed by atoms with Crippen LogP contribution < -0.4 is 4.74 Å². The van der Waals surface area contributed by atoms with Crippen LogP contribution in [-0.2, 0) is 0 Å². The summed E-state index contributed by atoms with van der Waals surface area (Å²) in [6, 6.07) is 13.9. The first-order chi connectivity index (χ1) is 9.60. The zero-order chi connectivity index (χ0) is 14.5. The fourth-order valence-electron chi connectivity index (χ4n) is 1.97. The van der Waals surface area contributed by atoms with Crippen molar-refractivity contribution in [2.45, 2.75) is 17.9 Å². The van der Waals surface area contributed by atoms with Gasteiger partial charge < -0.3 is 9.84 Å². The Hall–Kier alpha value is -0.970. The molecule has 0 heterocycles. The number of aliphatic hydroxyl groups excluding tert-OH is 1. The van der Waals surface area contributed by atoms with Crippen molar-refractivity contribution >= 4 is 27.7 Å². The van der Waals surface area contributed by atoms with Crippen molar-refractivity contribution in [2.75, 3.05) is 12.9 Å². The Labute approximate surface area is 132 Å². The van der Waals surface area contributed by atoms with E-state index in [1.807, 2.05) is 43.3 Å². The average Bonchev–Trinajstić information content (AvgIpc) is 2.44. The van der Waals surface area contributed by atoms with Gasteiger partial charge in [-0.2, -0.15) is 0 Å². The fourth-order valence-corrected chi connectivity index (χ4v) is 3.44. The van der Waals surface area contributed by atoms with Gasteiger partial charge in [0.25, 0.3) is 0 Å². The number of ether oxygens (including phenoxy) is 1. The third kappa shape index (κ3) is 4.01. The molecule has 0 amide bonds. The van der Waals surface area contributed by atoms with Crippen molar-refractivity contribution in [3.05, 3.63) is 58.1 Å². The van der Waals surface area contributed by atoms with Crippen LogP contribution in [-0.4, -0.2) is 18.0 Å². The van der Waals surface area contributed by atoms with Crippen LogP contribution in [0.15, 0.2) is 51.8 Å². The molecule has 2 nitrogen and oxygen atoms in total. The van der Waals surface area contributed by atoms with Gasteiger partial charge in [-0.15, -0.1) is 11.8 Å². The highest BCUT2D eigenvalue weighted by molar-refractivity contribution is 9.10. The van der Waals surface area contributed by atoms with Crippen LogP contribution in [0.4, 0.5) is 0 Å². The van der Waals surface area contributed by atoms with Gasteiger partial charge in [0, 0.05) is 15.1 Å². The van der Waals surface area contributed by atoms with Gasteiger partial charge in [0.1, 0.15) is 5.75 Å². The first-order valence-electron chi connectivity index (χ1n) is 6.31. The molecule has 2 aromatic rings. The predicted octanol–water partition coefficient (Wildman–Crippen LogP) is 4.59. The number of benzene rings is 2. The zero-order valence-electron chi connectivity index (χ0n) is 11.5. The number of halogens is 1. The molecular formula is C16H17BrO2S. The minimum Gasteiger partial charge on any atom is -0.497 e. The zero-order valence-corrected chi connectivity index (χ0v) is 13.9. The molecule has 106 valence electrons. The maximum Gasteiger partial charge on any atom is 0.119 e. The standard InChI is InChI=1S/C16H17BrO2S/c1-11-8-13(19-2)6-7-15(11)16(18)10-20-14-5-3-4-12(17)9-14/h3-9,16,18H,10H2,1-2H3. The number of rotatable bonds is 5. The monoisotopic (exact) mass is 352 g/mol. The van der Waals surface area contributed by atoms with Gasteiger partial charge in [-0.05, 0) is 48.4 Å². The summed E-state index contributed by atoms with van der Waals surface area (Å²) in [5, 5.41) is 10.3. The van der Waals surface area contributed by atoms with E-state index in [2.05, 4.69) is 22.0 Å². The second-order valence-corrected chi connectivity index (χ2v) is 6.52. The van der Waals surface area contributed by atoms with E-state index < -0.39 is 6.10 Å². The van der Waals surface area contributed by atoms with Crippen LogP contribution in [0.25, 0.3) is 0 Å². The van der Waals surface area contributed by atoms with Gasteiger partial charge in [-0.25, -0.2) is 0 Å². The van der Waals surface area contributed by atoms with Crippen molar-refractivity contribution in [1.29, 1.82) is 0 Å². The number of aryl methyl sites for hydroxylation is 1. The van der Waals surface area contributed by atoms with Crippen LogP contribution in [0.1, 0.15) is 17.2 Å². The molecule has 0 bridgehead atoms. The number of hydrogen-bond donors (Lipinski definition) is 1. The summed E-state index contributed by atoms with van der Waals surface area (Å²) in [5.74, 6) is 1.45. The van der Waals surface area contributed by atoms with Crippen LogP contribution in [0, 0.1) is 6.92 Å². The van der Waals surface area contributed by atoms with Crippen LogP contribution in [0.2, 0.25) is 0 Å². The average molecular weight is 353 g/mol. The highest BCUT2D eigenvalue weighted by atomic mass is 79.9. The number of methoxy groups -OCH3 is 1. The molecule has 0 saturated carbocycles. The highest BCUT2D eigenvalue weighted by Crippen LogP contribution is 2.29. The fraction of sp³-hybridized carbons (Fsp3) is 0.250. The Kier molecular flexibility index (Phi) is 5.52. The van der Waals surface area contributed by atoms with E-state index in [1.165, 1.54) is 0 Å². The summed E-state index contributed by atoms with van der Waals surface area (Å²) in [6.45, 7) is 1.99. The maximum atomic E-state index is 10.3. The molecule has 1 unspecified atom stereocenters. The van der Waals surface area contributed by atoms with Crippen molar-refractivity contribution in [3.8, 4) is 5.75 Å². The van der Waals surface area contributed by atoms with Crippen molar-refractivity contribution in [3.63, 3.8) is 0 Å². The largest absolute Gasteiger partial charge is 0.497 e. The quantitative estimate of drug-likeness (QED) is 0.797. The summed E-state index contributed by atoms with van der Waals surface area (Å²) in [5.41, 5.74) is 2.00. The van der Waals surface area contributed by atoms with Gasteiger partial charge in [0.05, 0.1) is 13.2 Å². The Morgan fingerprint density at radius 1 is 1.25 bits per heavy atom. The van der Waals surface area contributed by atoms with Gasteiger partial charge in [0.2, 0.25) is 0 Å². The van der Waals surface area contributed by atoms with E-state index in [1.54, 1.807) is 18.9 Å². The maximum absolute atomic E-state index is 10.3. The van der Waals surface area contributed by atoms with E-state index in [0.717, 1.165) is 26.2 Å². The Bertz CT molecular complexity index is 586. The lowest BCUT2D eigenvalue weighted by atomic mass is 10.0. The lowest BCUT2D eigenvalue weighted by Gasteiger charge is -2.14. The summed E-state index contributed by atoms with van der Waals surface area (Å²) in [7, 11) is 1.65. The Balaban J connectivity index is 2.03. The first-order valence-corrected chi connectivity index (χ1v) is 8.09. The van der Waals surface area contributed by atoms with Crippen LogP contribution in [0.3, 0.4) is 0 Å². The van der Waals surface area contributed by atoms with Crippen molar-refractivity contribution in [2.24, 2.45) is 0 Å². The second-order valence-electron chi connectivity index (χ2n) is 4.51. The van der Waals surface area contributed by atoms with Gasteiger partial charge in [-0.3, -0.25) is 0 Å². The molecule has 1 atom stereocenters. The first kappa shape index (κ1) is 15.4. The smallest absolute Gasteiger partial charge is 0.119 e. The summed E-state index contributed by atoms with van der Waals surface area (Å²) in [4.78, 5) is 1.14. The van der Waals surface area contributed by atoms with E-state index in [0.29, 0.717) is 5.75 Å². The highest BCUT2D eigenvalue weighted by Gasteiger charge is 2.11. The van der Waals surface area contributed by atoms with Gasteiger partial charge in [-0.1, -0.05) is 28.1 Å². The molecule has 0 aliphatic heterocycles. The molecule has 2 rings (SSSR count). The number of aliphatic hydroxyl groups is 1. The molecule has 1 N–H and O–H groups in total. The molecule has 0 aliphatic rings. The third-order valence-corrected chi connectivity index (χ3v) is 4.60. The summed E-state index contributed by atoms with van der Waals surface area (Å²) < 4.78 is 6.23. The topological polar surface area (TPSA) is 29.5 Å². The van der Waals surface area contributed by atoms with E-state index in [4.69, 9.17) is 4.74 Å². The van der Waals surface area contributed by atoms with Crippen LogP contribution in [0.5, 0.6) is 5.75 Å². The molecule has 0 aromatic heterocycles. The number of hydrogen-bond acceptors (Lipinski definition) is 3. The molecule has 0 spiro atoms. The summed E-state index contributed by atoms with van der Waals surface area (Å²) in [6.07, 6.45) is -0.482. The van der Waals surface area contributed by atoms with Crippen LogP contribution >= 0.6 is 27.7 Å². The normalized spacial score (nSPS) is 12.2. The second kappa shape index (κ2) is 7.16. The van der Waals surface area contributed by atoms with Crippen molar-refractivity contribution in [1.82, 2.24) is 0 Å². The molecule has 4 heteroatoms. The van der Waals surface area contributed by atoms with E-state index in [9.17, 15) is 5.11 Å². The molecule has 0 saturated heterocycles.